The molecule has 0 N–H and O–H groups in total. The SMILES string of the molecule is CCC(C)CCC[C@H](C)CCC[C@H](C)CCCC(C)C. The minimum atomic E-state index is 0.882. The molecule has 0 aromatic carbocycles. The molecule has 0 fully saturated rings. The van der Waals surface area contributed by atoms with E-state index in [1.807, 2.05) is 0 Å². The standard InChI is InChI=1S/C20H42/c1-7-18(4)12-9-14-20(6)16-10-15-19(5)13-8-11-17(2)3/h17-20H,7-16H2,1-6H3/t18?,19-,20+/m1/s1. The molecule has 0 amide bonds. The molecular weight excluding hydrogens is 240 g/mol. The maximum absolute atomic E-state index is 2.46. The molecule has 0 heteroatoms. The smallest absolute Gasteiger partial charge is 0.0443 e. The van der Waals surface area contributed by atoms with Crippen LogP contribution in [-0.2, 0) is 0 Å². The van der Waals surface area contributed by atoms with Gasteiger partial charge in [-0.3, -0.25) is 0 Å². The van der Waals surface area contributed by atoms with Crippen LogP contribution in [0.5, 0.6) is 0 Å². The van der Waals surface area contributed by atoms with Gasteiger partial charge in [-0.1, -0.05) is 106 Å². The molecule has 122 valence electrons. The van der Waals surface area contributed by atoms with Gasteiger partial charge in [0, 0.05) is 0 Å². The third-order valence-corrected chi connectivity index (χ3v) is 4.96. The van der Waals surface area contributed by atoms with Crippen LogP contribution in [0.2, 0.25) is 0 Å². The van der Waals surface area contributed by atoms with Crippen molar-refractivity contribution in [1.82, 2.24) is 0 Å². The summed E-state index contributed by atoms with van der Waals surface area (Å²) in [4.78, 5) is 0. The van der Waals surface area contributed by atoms with Crippen molar-refractivity contribution in [3.05, 3.63) is 0 Å². The Kier molecular flexibility index (Phi) is 12.7. The fourth-order valence-electron chi connectivity index (χ4n) is 3.00. The second kappa shape index (κ2) is 12.7. The Hall–Kier alpha value is 0. The lowest BCUT2D eigenvalue weighted by Crippen LogP contribution is -2.01. The third kappa shape index (κ3) is 13.0. The fourth-order valence-corrected chi connectivity index (χ4v) is 3.00. The summed E-state index contributed by atoms with van der Waals surface area (Å²) < 4.78 is 0. The lowest BCUT2D eigenvalue weighted by Gasteiger charge is -2.15. The van der Waals surface area contributed by atoms with Crippen LogP contribution in [-0.4, -0.2) is 0 Å². The Bertz CT molecular complexity index is 194. The molecule has 0 bridgehead atoms. The summed E-state index contributed by atoms with van der Waals surface area (Å²) in [5, 5.41) is 0. The van der Waals surface area contributed by atoms with E-state index in [-0.39, 0.29) is 0 Å². The largest absolute Gasteiger partial charge is 0.0651 e. The van der Waals surface area contributed by atoms with Crippen molar-refractivity contribution in [2.75, 3.05) is 0 Å². The molecular formula is C20H42. The predicted octanol–water partition coefficient (Wildman–Crippen LogP) is 7.47. The molecule has 0 aliphatic carbocycles. The first kappa shape index (κ1) is 20.0. The average Bonchev–Trinajstić information content (AvgIpc) is 2.38. The highest BCUT2D eigenvalue weighted by molar-refractivity contribution is 4.60. The minimum absolute atomic E-state index is 0.882. The van der Waals surface area contributed by atoms with Gasteiger partial charge in [-0.15, -0.1) is 0 Å². The van der Waals surface area contributed by atoms with Gasteiger partial charge in [-0.05, 0) is 23.7 Å². The zero-order valence-corrected chi connectivity index (χ0v) is 15.4. The molecule has 0 nitrogen and oxygen atoms in total. The van der Waals surface area contributed by atoms with E-state index in [2.05, 4.69) is 41.5 Å². The van der Waals surface area contributed by atoms with Crippen LogP contribution in [0.25, 0.3) is 0 Å². The van der Waals surface area contributed by atoms with E-state index in [0.29, 0.717) is 0 Å². The fraction of sp³-hybridized carbons (Fsp3) is 1.00. The zero-order chi connectivity index (χ0) is 15.4. The van der Waals surface area contributed by atoms with Gasteiger partial charge < -0.3 is 0 Å². The highest BCUT2D eigenvalue weighted by Crippen LogP contribution is 2.22. The van der Waals surface area contributed by atoms with Crippen LogP contribution in [0, 0.1) is 23.7 Å². The van der Waals surface area contributed by atoms with E-state index in [9.17, 15) is 0 Å². The minimum Gasteiger partial charge on any atom is -0.0651 e. The molecule has 20 heavy (non-hydrogen) atoms. The summed E-state index contributed by atoms with van der Waals surface area (Å²) in [7, 11) is 0. The van der Waals surface area contributed by atoms with Gasteiger partial charge in [0.25, 0.3) is 0 Å². The highest BCUT2D eigenvalue weighted by atomic mass is 14.1. The van der Waals surface area contributed by atoms with Gasteiger partial charge in [0.1, 0.15) is 0 Å². The van der Waals surface area contributed by atoms with Gasteiger partial charge in [-0.25, -0.2) is 0 Å². The van der Waals surface area contributed by atoms with E-state index in [1.54, 1.807) is 0 Å². The molecule has 0 aliphatic heterocycles. The van der Waals surface area contributed by atoms with Gasteiger partial charge in [-0.2, -0.15) is 0 Å². The molecule has 0 rings (SSSR count). The van der Waals surface area contributed by atoms with Crippen LogP contribution < -0.4 is 0 Å². The molecule has 0 radical (unpaired) electrons. The van der Waals surface area contributed by atoms with Crippen molar-refractivity contribution < 1.29 is 0 Å². The Labute approximate surface area is 130 Å². The van der Waals surface area contributed by atoms with Crippen molar-refractivity contribution >= 4 is 0 Å². The molecule has 0 aliphatic rings. The van der Waals surface area contributed by atoms with Gasteiger partial charge >= 0.3 is 0 Å². The van der Waals surface area contributed by atoms with E-state index in [1.165, 1.54) is 64.2 Å². The zero-order valence-electron chi connectivity index (χ0n) is 15.4. The first-order chi connectivity index (χ1) is 9.45. The van der Waals surface area contributed by atoms with Crippen molar-refractivity contribution in [3.63, 3.8) is 0 Å². The summed E-state index contributed by atoms with van der Waals surface area (Å²) in [5.74, 6) is 3.71. The van der Waals surface area contributed by atoms with Crippen molar-refractivity contribution in [1.29, 1.82) is 0 Å². The van der Waals surface area contributed by atoms with E-state index >= 15 is 0 Å². The lowest BCUT2D eigenvalue weighted by molar-refractivity contribution is 0.376. The molecule has 0 spiro atoms. The van der Waals surface area contributed by atoms with Crippen LogP contribution in [0.15, 0.2) is 0 Å². The molecule has 1 unspecified atom stereocenters. The number of hydrogen-bond donors (Lipinski definition) is 0. The third-order valence-electron chi connectivity index (χ3n) is 4.96. The second-order valence-electron chi connectivity index (χ2n) is 7.91. The summed E-state index contributed by atoms with van der Waals surface area (Å²) in [6.45, 7) is 14.3. The van der Waals surface area contributed by atoms with Crippen molar-refractivity contribution in [2.45, 2.75) is 106 Å². The Balaban J connectivity index is 3.43. The molecule has 0 heterocycles. The van der Waals surface area contributed by atoms with Crippen LogP contribution in [0.1, 0.15) is 106 Å². The topological polar surface area (TPSA) is 0 Å². The normalized spacial score (nSPS) is 16.4. The average molecular weight is 283 g/mol. The highest BCUT2D eigenvalue weighted by Gasteiger charge is 2.07. The lowest BCUT2D eigenvalue weighted by atomic mass is 9.91. The van der Waals surface area contributed by atoms with E-state index < -0.39 is 0 Å². The Morgan fingerprint density at radius 1 is 0.500 bits per heavy atom. The molecule has 3 atom stereocenters. The van der Waals surface area contributed by atoms with Crippen LogP contribution in [0.3, 0.4) is 0 Å². The second-order valence-corrected chi connectivity index (χ2v) is 7.91. The summed E-state index contributed by atoms with van der Waals surface area (Å²) in [6, 6.07) is 0. The maximum atomic E-state index is 2.46. The van der Waals surface area contributed by atoms with Gasteiger partial charge in [0.15, 0.2) is 0 Å². The Morgan fingerprint density at radius 3 is 1.20 bits per heavy atom. The van der Waals surface area contributed by atoms with Crippen molar-refractivity contribution in [2.24, 2.45) is 23.7 Å². The van der Waals surface area contributed by atoms with E-state index in [0.717, 1.165) is 23.7 Å². The van der Waals surface area contributed by atoms with Crippen LogP contribution >= 0.6 is 0 Å². The summed E-state index contributed by atoms with van der Waals surface area (Å²) >= 11 is 0. The Morgan fingerprint density at radius 2 is 0.850 bits per heavy atom. The van der Waals surface area contributed by atoms with Crippen LogP contribution in [0.4, 0.5) is 0 Å². The van der Waals surface area contributed by atoms with Crippen molar-refractivity contribution in [3.8, 4) is 0 Å². The maximum Gasteiger partial charge on any atom is -0.0443 e. The predicted molar refractivity (Wildman–Crippen MR) is 94.2 cm³/mol. The van der Waals surface area contributed by atoms with Gasteiger partial charge in [0.2, 0.25) is 0 Å². The summed E-state index contributed by atoms with van der Waals surface area (Å²) in [6.07, 6.45) is 14.3. The first-order valence-electron chi connectivity index (χ1n) is 9.45. The monoisotopic (exact) mass is 282 g/mol. The first-order valence-corrected chi connectivity index (χ1v) is 9.45. The summed E-state index contributed by atoms with van der Waals surface area (Å²) in [5.41, 5.74) is 0. The molecule has 0 aromatic rings. The quantitative estimate of drug-likeness (QED) is 0.328. The van der Waals surface area contributed by atoms with Gasteiger partial charge in [0.05, 0.1) is 0 Å². The van der Waals surface area contributed by atoms with E-state index in [4.69, 9.17) is 0 Å². The number of rotatable bonds is 13. The molecule has 0 saturated heterocycles. The molecule has 0 aromatic heterocycles. The molecule has 0 saturated carbocycles. The number of hydrogen-bond acceptors (Lipinski definition) is 0.